The minimum absolute atomic E-state index is 0.00408. The summed E-state index contributed by atoms with van der Waals surface area (Å²) >= 11 is 0. The Balaban J connectivity index is 1.34. The first kappa shape index (κ1) is 19.3. The molecule has 7 nitrogen and oxygen atoms in total. The van der Waals surface area contributed by atoms with Gasteiger partial charge in [0.05, 0.1) is 17.9 Å². The van der Waals surface area contributed by atoms with Crippen LogP contribution in [0.5, 0.6) is 5.75 Å². The third kappa shape index (κ3) is 3.87. The molecule has 0 saturated carbocycles. The van der Waals surface area contributed by atoms with Crippen molar-refractivity contribution in [3.63, 3.8) is 0 Å². The number of anilines is 1. The molecule has 158 valence electrons. The minimum Gasteiger partial charge on any atom is -0.489 e. The number of benzene rings is 1. The highest BCUT2D eigenvalue weighted by molar-refractivity contribution is 5.62. The molecule has 3 aliphatic heterocycles. The molecule has 1 aromatic heterocycles. The van der Waals surface area contributed by atoms with Crippen molar-refractivity contribution in [2.24, 2.45) is 0 Å². The molecule has 1 saturated heterocycles. The SMILES string of the molecule is C[C@@H]1CN(c2nc3c(c(=O)[nH]2)CCN(CC2=Cc4ccccc4OC2)C3)C[C@@H](C)O1. The zero-order valence-corrected chi connectivity index (χ0v) is 17.6. The van der Waals surface area contributed by atoms with Crippen molar-refractivity contribution in [2.45, 2.75) is 39.0 Å². The maximum absolute atomic E-state index is 12.7. The van der Waals surface area contributed by atoms with Crippen molar-refractivity contribution in [1.82, 2.24) is 14.9 Å². The van der Waals surface area contributed by atoms with Crippen molar-refractivity contribution in [1.29, 1.82) is 0 Å². The van der Waals surface area contributed by atoms with Gasteiger partial charge in [-0.1, -0.05) is 18.2 Å². The van der Waals surface area contributed by atoms with E-state index in [0.29, 0.717) is 19.1 Å². The van der Waals surface area contributed by atoms with Crippen LogP contribution in [0.1, 0.15) is 30.7 Å². The molecule has 5 rings (SSSR count). The number of fused-ring (bicyclic) bond motifs is 2. The number of nitrogens with zero attached hydrogens (tertiary/aromatic N) is 3. The average Bonchev–Trinajstić information content (AvgIpc) is 2.73. The van der Waals surface area contributed by atoms with Gasteiger partial charge in [0.25, 0.3) is 5.56 Å². The molecule has 0 bridgehead atoms. The predicted octanol–water partition coefficient (Wildman–Crippen LogP) is 2.22. The molecule has 1 aromatic carbocycles. The van der Waals surface area contributed by atoms with Crippen LogP contribution in [0.15, 0.2) is 34.6 Å². The molecule has 7 heteroatoms. The van der Waals surface area contributed by atoms with Crippen LogP contribution in [0.2, 0.25) is 0 Å². The van der Waals surface area contributed by atoms with Gasteiger partial charge in [0, 0.05) is 43.9 Å². The number of morpholine rings is 1. The highest BCUT2D eigenvalue weighted by atomic mass is 16.5. The van der Waals surface area contributed by atoms with E-state index in [0.717, 1.165) is 55.2 Å². The largest absolute Gasteiger partial charge is 0.489 e. The highest BCUT2D eigenvalue weighted by Gasteiger charge is 2.27. The second-order valence-corrected chi connectivity index (χ2v) is 8.57. The molecular formula is C23H28N4O3. The molecule has 0 aliphatic carbocycles. The summed E-state index contributed by atoms with van der Waals surface area (Å²) in [6.45, 7) is 8.54. The molecule has 30 heavy (non-hydrogen) atoms. The zero-order valence-electron chi connectivity index (χ0n) is 17.6. The fourth-order valence-corrected chi connectivity index (χ4v) is 4.66. The van der Waals surface area contributed by atoms with Crippen LogP contribution in [-0.4, -0.2) is 59.9 Å². The van der Waals surface area contributed by atoms with Crippen molar-refractivity contribution in [3.8, 4) is 5.75 Å². The number of hydrogen-bond acceptors (Lipinski definition) is 6. The first-order valence-corrected chi connectivity index (χ1v) is 10.7. The number of rotatable bonds is 3. The molecule has 4 heterocycles. The maximum atomic E-state index is 12.7. The van der Waals surface area contributed by atoms with Crippen molar-refractivity contribution in [3.05, 3.63) is 57.0 Å². The van der Waals surface area contributed by atoms with E-state index in [1.807, 2.05) is 18.2 Å². The smallest absolute Gasteiger partial charge is 0.255 e. The number of ether oxygens (including phenoxy) is 2. The van der Waals surface area contributed by atoms with Crippen molar-refractivity contribution < 1.29 is 9.47 Å². The third-order valence-corrected chi connectivity index (χ3v) is 5.98. The third-order valence-electron chi connectivity index (χ3n) is 5.98. The molecule has 0 radical (unpaired) electrons. The Kier molecular flexibility index (Phi) is 5.08. The van der Waals surface area contributed by atoms with E-state index in [2.05, 4.69) is 40.8 Å². The molecule has 3 aliphatic rings. The van der Waals surface area contributed by atoms with Gasteiger partial charge in [-0.3, -0.25) is 14.7 Å². The predicted molar refractivity (Wildman–Crippen MR) is 116 cm³/mol. The maximum Gasteiger partial charge on any atom is 0.255 e. The Labute approximate surface area is 176 Å². The average molecular weight is 409 g/mol. The summed E-state index contributed by atoms with van der Waals surface area (Å²) < 4.78 is 11.7. The zero-order chi connectivity index (χ0) is 20.7. The molecule has 1 fully saturated rings. The van der Waals surface area contributed by atoms with Gasteiger partial charge in [0.15, 0.2) is 0 Å². The number of para-hydroxylation sites is 1. The van der Waals surface area contributed by atoms with Gasteiger partial charge < -0.3 is 14.4 Å². The van der Waals surface area contributed by atoms with E-state index in [-0.39, 0.29) is 17.8 Å². The van der Waals surface area contributed by atoms with Gasteiger partial charge in [-0.2, -0.15) is 0 Å². The molecule has 2 aromatic rings. The summed E-state index contributed by atoms with van der Waals surface area (Å²) in [4.78, 5) is 25.1. The summed E-state index contributed by atoms with van der Waals surface area (Å²) in [6.07, 6.45) is 3.18. The van der Waals surface area contributed by atoms with Gasteiger partial charge in [-0.05, 0) is 38.0 Å². The lowest BCUT2D eigenvalue weighted by Crippen LogP contribution is -2.47. The molecule has 1 N–H and O–H groups in total. The Hall–Kier alpha value is -2.64. The first-order chi connectivity index (χ1) is 14.5. The second kappa shape index (κ2) is 7.89. The van der Waals surface area contributed by atoms with Crippen molar-refractivity contribution in [2.75, 3.05) is 37.7 Å². The van der Waals surface area contributed by atoms with Crippen LogP contribution in [0, 0.1) is 0 Å². The van der Waals surface area contributed by atoms with Crippen LogP contribution in [0.4, 0.5) is 5.95 Å². The van der Waals surface area contributed by atoms with Crippen LogP contribution in [0.3, 0.4) is 0 Å². The fourth-order valence-electron chi connectivity index (χ4n) is 4.66. The van der Waals surface area contributed by atoms with Gasteiger partial charge >= 0.3 is 0 Å². The van der Waals surface area contributed by atoms with Gasteiger partial charge in [-0.25, -0.2) is 4.98 Å². The molecule has 0 spiro atoms. The lowest BCUT2D eigenvalue weighted by atomic mass is 10.0. The summed E-state index contributed by atoms with van der Waals surface area (Å²) in [6, 6.07) is 8.11. The summed E-state index contributed by atoms with van der Waals surface area (Å²) in [5.74, 6) is 1.61. The summed E-state index contributed by atoms with van der Waals surface area (Å²) in [5, 5.41) is 0. The summed E-state index contributed by atoms with van der Waals surface area (Å²) in [5.41, 5.74) is 4.09. The van der Waals surface area contributed by atoms with Crippen LogP contribution in [-0.2, 0) is 17.7 Å². The van der Waals surface area contributed by atoms with E-state index >= 15 is 0 Å². The molecular weight excluding hydrogens is 380 g/mol. The number of hydrogen-bond donors (Lipinski definition) is 1. The van der Waals surface area contributed by atoms with Crippen LogP contribution < -0.4 is 15.2 Å². The van der Waals surface area contributed by atoms with E-state index in [4.69, 9.17) is 14.5 Å². The van der Waals surface area contributed by atoms with E-state index in [1.165, 1.54) is 5.57 Å². The fraction of sp³-hybridized carbons (Fsp3) is 0.478. The Bertz CT molecular complexity index is 1020. The second-order valence-electron chi connectivity index (χ2n) is 8.57. The monoisotopic (exact) mass is 408 g/mol. The topological polar surface area (TPSA) is 70.7 Å². The van der Waals surface area contributed by atoms with E-state index < -0.39 is 0 Å². The van der Waals surface area contributed by atoms with Gasteiger partial charge in [-0.15, -0.1) is 0 Å². The van der Waals surface area contributed by atoms with E-state index in [1.54, 1.807) is 0 Å². The van der Waals surface area contributed by atoms with Gasteiger partial charge in [0.2, 0.25) is 5.95 Å². The standard InChI is InChI=1S/C23H28N4O3/c1-15-10-27(11-16(2)30-15)23-24-20-13-26(8-7-19(20)22(28)25-23)12-17-9-18-5-3-4-6-21(18)29-14-17/h3-6,9,15-16H,7-8,10-14H2,1-2H3,(H,24,25,28)/t15-,16-/m1/s1. The minimum atomic E-state index is -0.00408. The number of nitrogens with one attached hydrogen (secondary N) is 1. The normalized spacial score (nSPS) is 23.9. The van der Waals surface area contributed by atoms with Gasteiger partial charge in [0.1, 0.15) is 12.4 Å². The Morgan fingerprint density at radius 3 is 2.83 bits per heavy atom. The number of H-pyrrole nitrogens is 1. The Morgan fingerprint density at radius 2 is 2.00 bits per heavy atom. The molecule has 2 atom stereocenters. The number of aromatic nitrogens is 2. The highest BCUT2D eigenvalue weighted by Crippen LogP contribution is 2.27. The molecule has 0 amide bonds. The van der Waals surface area contributed by atoms with Crippen molar-refractivity contribution >= 4 is 12.0 Å². The van der Waals surface area contributed by atoms with Crippen LogP contribution >= 0.6 is 0 Å². The quantitative estimate of drug-likeness (QED) is 0.840. The first-order valence-electron chi connectivity index (χ1n) is 10.7. The number of aromatic amines is 1. The summed E-state index contributed by atoms with van der Waals surface area (Å²) in [7, 11) is 0. The van der Waals surface area contributed by atoms with Crippen LogP contribution in [0.25, 0.3) is 6.08 Å². The van der Waals surface area contributed by atoms with E-state index in [9.17, 15) is 4.79 Å². The lowest BCUT2D eigenvalue weighted by molar-refractivity contribution is -0.00576. The Morgan fingerprint density at radius 1 is 1.20 bits per heavy atom. The molecule has 0 unspecified atom stereocenters. The lowest BCUT2D eigenvalue weighted by Gasteiger charge is -2.36.